The van der Waals surface area contributed by atoms with Crippen LogP contribution in [0.1, 0.15) is 11.4 Å². The molecule has 0 aliphatic carbocycles. The monoisotopic (exact) mass is 257 g/mol. The van der Waals surface area contributed by atoms with Gasteiger partial charge in [0.1, 0.15) is 0 Å². The van der Waals surface area contributed by atoms with E-state index in [1.165, 1.54) is 0 Å². The van der Waals surface area contributed by atoms with E-state index in [1.54, 1.807) is 0 Å². The second-order valence-electron chi connectivity index (χ2n) is 4.28. The summed E-state index contributed by atoms with van der Waals surface area (Å²) in [7, 11) is 0. The molecule has 0 saturated carbocycles. The van der Waals surface area contributed by atoms with Gasteiger partial charge in [0, 0.05) is 5.69 Å². The molecule has 1 aromatic carbocycles. The van der Waals surface area contributed by atoms with E-state index in [-0.39, 0.29) is 0 Å². The van der Waals surface area contributed by atoms with Gasteiger partial charge >= 0.3 is 0 Å². The van der Waals surface area contributed by atoms with Crippen molar-refractivity contribution in [2.24, 2.45) is 0 Å². The molecule has 2 heterocycles. The van der Waals surface area contributed by atoms with Crippen LogP contribution in [0.3, 0.4) is 0 Å². The molecular formula is C14H12ClN3. The molecule has 0 aliphatic heterocycles. The van der Waals surface area contributed by atoms with E-state index >= 15 is 0 Å². The Labute approximate surface area is 110 Å². The lowest BCUT2D eigenvalue weighted by Crippen LogP contribution is -1.98. The third-order valence-corrected chi connectivity index (χ3v) is 3.19. The zero-order valence-corrected chi connectivity index (χ0v) is 10.9. The fourth-order valence-electron chi connectivity index (χ4n) is 2.10. The fourth-order valence-corrected chi connectivity index (χ4v) is 2.48. The highest BCUT2D eigenvalue weighted by atomic mass is 35.5. The van der Waals surface area contributed by atoms with Gasteiger partial charge in [-0.3, -0.25) is 0 Å². The van der Waals surface area contributed by atoms with E-state index in [1.807, 2.05) is 54.9 Å². The normalized spacial score (nSPS) is 11.1. The Morgan fingerprint density at radius 1 is 1.11 bits per heavy atom. The molecule has 2 aromatic heterocycles. The molecule has 0 radical (unpaired) electrons. The van der Waals surface area contributed by atoms with Crippen LogP contribution in [0.4, 0.5) is 0 Å². The summed E-state index contributed by atoms with van der Waals surface area (Å²) in [6, 6.07) is 11.8. The Balaban J connectivity index is 2.38. The molecule has 4 heteroatoms. The number of pyridine rings is 1. The van der Waals surface area contributed by atoms with Gasteiger partial charge in [0.05, 0.1) is 21.8 Å². The average molecular weight is 258 g/mol. The largest absolute Gasteiger partial charge is 0.233 e. The molecule has 3 nitrogen and oxygen atoms in total. The fraction of sp³-hybridized carbons (Fsp3) is 0.143. The smallest absolute Gasteiger partial charge is 0.164 e. The predicted molar refractivity (Wildman–Crippen MR) is 73.3 cm³/mol. The standard InChI is InChI=1S/C14H12ClN3/c1-9-8-12(15)13-10(2)17-18(14(13)16-9)11-6-4-3-5-7-11/h3-8H,1-2H3. The second-order valence-corrected chi connectivity index (χ2v) is 4.68. The lowest BCUT2D eigenvalue weighted by atomic mass is 10.2. The number of halogens is 1. The maximum Gasteiger partial charge on any atom is 0.164 e. The van der Waals surface area contributed by atoms with E-state index in [9.17, 15) is 0 Å². The van der Waals surface area contributed by atoms with Crippen molar-refractivity contribution < 1.29 is 0 Å². The van der Waals surface area contributed by atoms with Crippen LogP contribution in [-0.2, 0) is 0 Å². The van der Waals surface area contributed by atoms with Crippen LogP contribution in [0.2, 0.25) is 5.02 Å². The zero-order valence-electron chi connectivity index (χ0n) is 10.2. The first-order valence-corrected chi connectivity index (χ1v) is 6.12. The van der Waals surface area contributed by atoms with Crippen LogP contribution >= 0.6 is 11.6 Å². The van der Waals surface area contributed by atoms with E-state index in [2.05, 4.69) is 10.1 Å². The lowest BCUT2D eigenvalue weighted by Gasteiger charge is -2.03. The van der Waals surface area contributed by atoms with Crippen molar-refractivity contribution >= 4 is 22.6 Å². The van der Waals surface area contributed by atoms with Crippen molar-refractivity contribution in [3.8, 4) is 5.69 Å². The summed E-state index contributed by atoms with van der Waals surface area (Å²) in [6.45, 7) is 3.88. The Morgan fingerprint density at radius 2 is 1.83 bits per heavy atom. The third-order valence-electron chi connectivity index (χ3n) is 2.89. The second kappa shape index (κ2) is 4.10. The number of fused-ring (bicyclic) bond motifs is 1. The van der Waals surface area contributed by atoms with Gasteiger partial charge in [-0.1, -0.05) is 29.8 Å². The molecule has 3 aromatic rings. The quantitative estimate of drug-likeness (QED) is 0.666. The van der Waals surface area contributed by atoms with Gasteiger partial charge in [-0.2, -0.15) is 5.10 Å². The molecule has 0 spiro atoms. The minimum Gasteiger partial charge on any atom is -0.233 e. The maximum absolute atomic E-state index is 6.28. The first-order chi connectivity index (χ1) is 8.66. The number of nitrogens with zero attached hydrogens (tertiary/aromatic N) is 3. The first-order valence-electron chi connectivity index (χ1n) is 5.75. The van der Waals surface area contributed by atoms with E-state index in [0.717, 1.165) is 28.1 Å². The zero-order chi connectivity index (χ0) is 12.7. The minimum atomic E-state index is 0.706. The Morgan fingerprint density at radius 3 is 2.56 bits per heavy atom. The number of para-hydroxylation sites is 1. The molecule has 90 valence electrons. The van der Waals surface area contributed by atoms with Crippen molar-refractivity contribution in [3.05, 3.63) is 52.8 Å². The molecule has 0 bridgehead atoms. The third kappa shape index (κ3) is 1.68. The molecule has 0 amide bonds. The highest BCUT2D eigenvalue weighted by molar-refractivity contribution is 6.35. The van der Waals surface area contributed by atoms with Gasteiger partial charge in [-0.05, 0) is 32.0 Å². The van der Waals surface area contributed by atoms with E-state index in [0.29, 0.717) is 5.02 Å². The van der Waals surface area contributed by atoms with Crippen LogP contribution in [0, 0.1) is 13.8 Å². The molecule has 18 heavy (non-hydrogen) atoms. The average Bonchev–Trinajstić information content (AvgIpc) is 2.67. The minimum absolute atomic E-state index is 0.706. The van der Waals surface area contributed by atoms with E-state index in [4.69, 9.17) is 11.6 Å². The SMILES string of the molecule is Cc1cc(Cl)c2c(C)nn(-c3ccccc3)c2n1. The molecule has 0 atom stereocenters. The predicted octanol–water partition coefficient (Wildman–Crippen LogP) is 3.69. The topological polar surface area (TPSA) is 30.7 Å². The highest BCUT2D eigenvalue weighted by Crippen LogP contribution is 2.27. The molecular weight excluding hydrogens is 246 g/mol. The summed E-state index contributed by atoms with van der Waals surface area (Å²) in [6.07, 6.45) is 0. The molecule has 3 rings (SSSR count). The van der Waals surface area contributed by atoms with Crippen molar-refractivity contribution in [1.82, 2.24) is 14.8 Å². The first kappa shape index (κ1) is 11.2. The maximum atomic E-state index is 6.28. The molecule has 0 saturated heterocycles. The molecule has 0 N–H and O–H groups in total. The molecule has 0 fully saturated rings. The number of aromatic nitrogens is 3. The Kier molecular flexibility index (Phi) is 2.56. The summed E-state index contributed by atoms with van der Waals surface area (Å²) in [5.74, 6) is 0. The van der Waals surface area contributed by atoms with E-state index < -0.39 is 0 Å². The van der Waals surface area contributed by atoms with Crippen molar-refractivity contribution in [2.75, 3.05) is 0 Å². The summed E-state index contributed by atoms with van der Waals surface area (Å²) < 4.78 is 1.84. The highest BCUT2D eigenvalue weighted by Gasteiger charge is 2.13. The number of aryl methyl sites for hydroxylation is 2. The van der Waals surface area contributed by atoms with Gasteiger partial charge in [0.15, 0.2) is 5.65 Å². The Hall–Kier alpha value is -1.87. The summed E-state index contributed by atoms with van der Waals surface area (Å²) in [5.41, 5.74) is 3.59. The van der Waals surface area contributed by atoms with Gasteiger partial charge in [0.25, 0.3) is 0 Å². The van der Waals surface area contributed by atoms with Gasteiger partial charge in [-0.15, -0.1) is 0 Å². The van der Waals surface area contributed by atoms with Gasteiger partial charge in [0.2, 0.25) is 0 Å². The van der Waals surface area contributed by atoms with Crippen LogP contribution < -0.4 is 0 Å². The number of hydrogen-bond acceptors (Lipinski definition) is 2. The summed E-state index contributed by atoms with van der Waals surface area (Å²) in [4.78, 5) is 4.55. The summed E-state index contributed by atoms with van der Waals surface area (Å²) in [5, 5.41) is 6.16. The number of benzene rings is 1. The molecule has 0 aliphatic rings. The number of hydrogen-bond donors (Lipinski definition) is 0. The Bertz CT molecular complexity index is 717. The van der Waals surface area contributed by atoms with Crippen molar-refractivity contribution in [2.45, 2.75) is 13.8 Å². The van der Waals surface area contributed by atoms with Crippen LogP contribution in [0.15, 0.2) is 36.4 Å². The van der Waals surface area contributed by atoms with Crippen LogP contribution in [-0.4, -0.2) is 14.8 Å². The summed E-state index contributed by atoms with van der Waals surface area (Å²) >= 11 is 6.28. The van der Waals surface area contributed by atoms with Crippen LogP contribution in [0.5, 0.6) is 0 Å². The number of rotatable bonds is 1. The van der Waals surface area contributed by atoms with Crippen molar-refractivity contribution in [3.63, 3.8) is 0 Å². The lowest BCUT2D eigenvalue weighted by molar-refractivity contribution is 0.875. The van der Waals surface area contributed by atoms with Gasteiger partial charge < -0.3 is 0 Å². The van der Waals surface area contributed by atoms with Crippen molar-refractivity contribution in [1.29, 1.82) is 0 Å². The van der Waals surface area contributed by atoms with Gasteiger partial charge in [-0.25, -0.2) is 9.67 Å². The van der Waals surface area contributed by atoms with Crippen LogP contribution in [0.25, 0.3) is 16.7 Å². The molecule has 0 unspecified atom stereocenters.